The van der Waals surface area contributed by atoms with Crippen molar-refractivity contribution >= 4 is 29.5 Å². The zero-order valence-electron chi connectivity index (χ0n) is 20.4. The van der Waals surface area contributed by atoms with Crippen LogP contribution in [0.1, 0.15) is 48.0 Å². The molecule has 1 unspecified atom stereocenters. The summed E-state index contributed by atoms with van der Waals surface area (Å²) in [6.45, 7) is 12.4. The number of rotatable bonds is 4. The Morgan fingerprint density at radius 1 is 1.15 bits per heavy atom. The summed E-state index contributed by atoms with van der Waals surface area (Å²) in [6.07, 6.45) is 8.35. The van der Waals surface area contributed by atoms with Gasteiger partial charge in [-0.2, -0.15) is 0 Å². The van der Waals surface area contributed by atoms with Gasteiger partial charge in [-0.1, -0.05) is 32.1 Å². The van der Waals surface area contributed by atoms with Gasteiger partial charge in [-0.25, -0.2) is 0 Å². The van der Waals surface area contributed by atoms with Crippen LogP contribution >= 0.6 is 11.8 Å². The van der Waals surface area contributed by atoms with E-state index in [9.17, 15) is 19.5 Å². The molecule has 0 bridgehead atoms. The van der Waals surface area contributed by atoms with Crippen LogP contribution in [0.3, 0.4) is 0 Å². The monoisotopic (exact) mass is 476 g/mol. The molecule has 4 aliphatic rings. The highest BCUT2D eigenvalue weighted by Gasteiger charge is 2.74. The molecule has 0 radical (unpaired) electrons. The van der Waals surface area contributed by atoms with Gasteiger partial charge in [0.1, 0.15) is 12.6 Å². The van der Waals surface area contributed by atoms with E-state index in [0.717, 1.165) is 0 Å². The minimum Gasteiger partial charge on any atom is -0.461 e. The minimum absolute atomic E-state index is 0.129. The molecule has 4 aliphatic heterocycles. The van der Waals surface area contributed by atoms with Crippen molar-refractivity contribution in [2.45, 2.75) is 75.1 Å². The Kier molecular flexibility index (Phi) is 6.01. The number of esters is 1. The van der Waals surface area contributed by atoms with Crippen molar-refractivity contribution in [3.8, 4) is 0 Å². The molecule has 0 saturated carbocycles. The van der Waals surface area contributed by atoms with Crippen molar-refractivity contribution in [2.75, 3.05) is 19.8 Å². The van der Waals surface area contributed by atoms with Gasteiger partial charge in [0, 0.05) is 16.8 Å². The zero-order valence-corrected chi connectivity index (χ0v) is 21.2. The first kappa shape index (κ1) is 24.3. The van der Waals surface area contributed by atoms with Gasteiger partial charge in [-0.15, -0.1) is 11.8 Å². The molecule has 4 heterocycles. The number of hydrogen-bond acceptors (Lipinski definition) is 6. The van der Waals surface area contributed by atoms with Gasteiger partial charge in [0.05, 0.1) is 29.2 Å². The van der Waals surface area contributed by atoms with Crippen molar-refractivity contribution in [1.29, 1.82) is 0 Å². The van der Waals surface area contributed by atoms with Crippen LogP contribution < -0.4 is 0 Å². The molecule has 6 atom stereocenters. The Balaban J connectivity index is 1.91. The largest absolute Gasteiger partial charge is 0.461 e. The van der Waals surface area contributed by atoms with Gasteiger partial charge in [0.15, 0.2) is 0 Å². The molecule has 0 aromatic rings. The fourth-order valence-corrected chi connectivity index (χ4v) is 8.25. The lowest BCUT2D eigenvalue weighted by Gasteiger charge is -2.43. The van der Waals surface area contributed by atoms with Crippen molar-refractivity contribution in [1.82, 2.24) is 9.80 Å². The zero-order chi connectivity index (χ0) is 24.3. The summed E-state index contributed by atoms with van der Waals surface area (Å²) in [5.74, 6) is -1.96. The SMILES string of the molecule is CC(C)C[C@H](CO)N1C(=O)[C@@H]2[C@H]3C(=O)OCC=C[C@@]3(C)S[C@@]23C=CCN(C(C)(C)C)C(=O)C13. The van der Waals surface area contributed by atoms with Gasteiger partial charge < -0.3 is 19.6 Å². The maximum atomic E-state index is 14.2. The van der Waals surface area contributed by atoms with Crippen LogP contribution in [-0.4, -0.2) is 79.6 Å². The van der Waals surface area contributed by atoms with E-state index in [1.54, 1.807) is 9.80 Å². The molecule has 1 N–H and O–H groups in total. The lowest BCUT2D eigenvalue weighted by molar-refractivity contribution is -0.153. The molecule has 33 heavy (non-hydrogen) atoms. The molecule has 4 rings (SSSR count). The van der Waals surface area contributed by atoms with Crippen molar-refractivity contribution in [2.24, 2.45) is 17.8 Å². The Bertz CT molecular complexity index is 909. The molecule has 0 aliphatic carbocycles. The minimum atomic E-state index is -0.904. The third-order valence-electron chi connectivity index (χ3n) is 7.41. The number of fused-ring (bicyclic) bond motifs is 2. The van der Waals surface area contributed by atoms with Gasteiger partial charge in [0.25, 0.3) is 0 Å². The number of amides is 2. The second-order valence-electron chi connectivity index (χ2n) is 11.3. The van der Waals surface area contributed by atoms with E-state index in [4.69, 9.17) is 4.74 Å². The highest BCUT2D eigenvalue weighted by atomic mass is 32.2. The standard InChI is InChI=1S/C25H36N2O5S/c1-15(2)13-16(14-28)27-19-21(30)26(23(3,4)5)11-7-10-25(19)17(20(27)29)18-22(31)32-12-8-9-24(18,6)33-25/h7-10,15-19,28H,11-14H2,1-6H3/t16-,17+,18+,19?,24-,25+/m1/s1. The topological polar surface area (TPSA) is 87.2 Å². The summed E-state index contributed by atoms with van der Waals surface area (Å²) in [5, 5.41) is 10.3. The van der Waals surface area contributed by atoms with Gasteiger partial charge in [-0.05, 0) is 46.1 Å². The lowest BCUT2D eigenvalue weighted by atomic mass is 9.75. The summed E-state index contributed by atoms with van der Waals surface area (Å²) < 4.78 is 3.89. The van der Waals surface area contributed by atoms with Crippen LogP contribution in [0, 0.1) is 17.8 Å². The third-order valence-corrected chi connectivity index (χ3v) is 9.20. The predicted octanol–water partition coefficient (Wildman–Crippen LogP) is 2.39. The number of aliphatic hydroxyl groups excluding tert-OH is 1. The Hall–Kier alpha value is -1.80. The normalized spacial score (nSPS) is 37.0. The van der Waals surface area contributed by atoms with E-state index in [1.165, 1.54) is 11.8 Å². The summed E-state index contributed by atoms with van der Waals surface area (Å²) in [6, 6.07) is -1.29. The average Bonchev–Trinajstić information content (AvgIpc) is 2.96. The number of cyclic esters (lactones) is 1. The first-order valence-corrected chi connectivity index (χ1v) is 12.7. The number of likely N-dealkylation sites (tertiary alicyclic amines) is 1. The summed E-state index contributed by atoms with van der Waals surface area (Å²) in [7, 11) is 0. The second-order valence-corrected chi connectivity index (χ2v) is 13.1. The number of aliphatic hydroxyl groups is 1. The van der Waals surface area contributed by atoms with Crippen molar-refractivity contribution in [3.05, 3.63) is 24.3 Å². The lowest BCUT2D eigenvalue weighted by Crippen LogP contribution is -2.59. The van der Waals surface area contributed by atoms with Crippen molar-refractivity contribution < 1.29 is 24.2 Å². The fraction of sp³-hybridized carbons (Fsp3) is 0.720. The number of hydrogen-bond donors (Lipinski definition) is 1. The Morgan fingerprint density at radius 2 is 1.85 bits per heavy atom. The average molecular weight is 477 g/mol. The number of carbonyl (C=O) groups is 3. The number of ether oxygens (including phenoxy) is 1. The molecule has 7 nitrogen and oxygen atoms in total. The fourth-order valence-electron chi connectivity index (χ4n) is 6.11. The highest BCUT2D eigenvalue weighted by Crippen LogP contribution is 2.65. The molecule has 2 fully saturated rings. The van der Waals surface area contributed by atoms with E-state index in [1.807, 2.05) is 65.8 Å². The van der Waals surface area contributed by atoms with Crippen LogP contribution in [0.2, 0.25) is 0 Å². The maximum absolute atomic E-state index is 14.2. The molecule has 0 aromatic carbocycles. The van der Waals surface area contributed by atoms with E-state index in [-0.39, 0.29) is 30.9 Å². The molecular formula is C25H36N2O5S. The smallest absolute Gasteiger partial charge is 0.311 e. The molecule has 182 valence electrons. The van der Waals surface area contributed by atoms with Crippen LogP contribution in [0.5, 0.6) is 0 Å². The molecule has 1 spiro atoms. The van der Waals surface area contributed by atoms with Crippen molar-refractivity contribution in [3.63, 3.8) is 0 Å². The molecule has 0 aromatic heterocycles. The molecule has 2 saturated heterocycles. The molecule has 8 heteroatoms. The van der Waals surface area contributed by atoms with E-state index < -0.39 is 44.9 Å². The first-order valence-electron chi connectivity index (χ1n) is 11.8. The second kappa shape index (κ2) is 8.15. The quantitative estimate of drug-likeness (QED) is 0.495. The van der Waals surface area contributed by atoms with E-state index in [2.05, 4.69) is 0 Å². The van der Waals surface area contributed by atoms with Gasteiger partial charge in [-0.3, -0.25) is 14.4 Å². The number of thioether (sulfide) groups is 1. The van der Waals surface area contributed by atoms with Crippen LogP contribution in [0.4, 0.5) is 0 Å². The van der Waals surface area contributed by atoms with Gasteiger partial charge in [0.2, 0.25) is 11.8 Å². The van der Waals surface area contributed by atoms with E-state index in [0.29, 0.717) is 13.0 Å². The molecular weight excluding hydrogens is 440 g/mol. The maximum Gasteiger partial charge on any atom is 0.311 e. The van der Waals surface area contributed by atoms with Gasteiger partial charge >= 0.3 is 5.97 Å². The Labute approximate surface area is 200 Å². The summed E-state index contributed by atoms with van der Waals surface area (Å²) >= 11 is 1.53. The highest BCUT2D eigenvalue weighted by molar-refractivity contribution is 8.02. The molecule has 2 amide bonds. The summed E-state index contributed by atoms with van der Waals surface area (Å²) in [5.41, 5.74) is -0.442. The number of nitrogens with zero attached hydrogens (tertiary/aromatic N) is 2. The number of carbonyl (C=O) groups excluding carboxylic acids is 3. The predicted molar refractivity (Wildman–Crippen MR) is 127 cm³/mol. The van der Waals surface area contributed by atoms with Crippen LogP contribution in [0.15, 0.2) is 24.3 Å². The Morgan fingerprint density at radius 3 is 2.45 bits per heavy atom. The van der Waals surface area contributed by atoms with Crippen LogP contribution in [-0.2, 0) is 19.1 Å². The first-order chi connectivity index (χ1) is 15.4. The third kappa shape index (κ3) is 3.64. The van der Waals surface area contributed by atoms with E-state index >= 15 is 0 Å². The van der Waals surface area contributed by atoms with Crippen LogP contribution in [0.25, 0.3) is 0 Å². The summed E-state index contributed by atoms with van der Waals surface area (Å²) in [4.78, 5) is 44.9.